The number of hydrogen-bond acceptors (Lipinski definition) is 6. The number of rotatable bonds is 4. The Kier molecular flexibility index (Phi) is 4.54. The number of nitrogens with zero attached hydrogens (tertiary/aromatic N) is 4. The van der Waals surface area contributed by atoms with Gasteiger partial charge in [-0.1, -0.05) is 0 Å². The predicted molar refractivity (Wildman–Crippen MR) is 68.2 cm³/mol. The van der Waals surface area contributed by atoms with Crippen molar-refractivity contribution in [1.29, 1.82) is 0 Å². The molecule has 0 amide bonds. The zero-order valence-electron chi connectivity index (χ0n) is 10.6. The van der Waals surface area contributed by atoms with Gasteiger partial charge in [0.2, 0.25) is 11.2 Å². The molecule has 0 bridgehead atoms. The number of ether oxygens (including phenoxy) is 2. The number of halogens is 1. The molecular formula is C11H17ClN4O2. The molecule has 0 spiro atoms. The first kappa shape index (κ1) is 13.3. The Bertz CT molecular complexity index is 403. The predicted octanol–water partition coefficient (Wildman–Crippen LogP) is 1.40. The molecule has 1 atom stereocenters. The maximum atomic E-state index is 5.85. The summed E-state index contributed by atoms with van der Waals surface area (Å²) in [5.74, 6) is 1.08. The van der Waals surface area contributed by atoms with E-state index >= 15 is 0 Å². The van der Waals surface area contributed by atoms with Crippen molar-refractivity contribution in [2.75, 3.05) is 38.8 Å². The minimum atomic E-state index is 0.158. The fourth-order valence-corrected chi connectivity index (χ4v) is 2.32. The van der Waals surface area contributed by atoms with Gasteiger partial charge in [0.1, 0.15) is 0 Å². The SMILES string of the molecule is COCC1CCCN(c2nc(Cl)nc(OC)n2)C1. The van der Waals surface area contributed by atoms with Crippen LogP contribution in [0, 0.1) is 5.92 Å². The first-order valence-corrected chi connectivity index (χ1v) is 6.30. The van der Waals surface area contributed by atoms with Gasteiger partial charge >= 0.3 is 6.01 Å². The molecule has 1 aliphatic heterocycles. The summed E-state index contributed by atoms with van der Waals surface area (Å²) in [5, 5.41) is 0.158. The smallest absolute Gasteiger partial charge is 0.322 e. The highest BCUT2D eigenvalue weighted by Crippen LogP contribution is 2.22. The van der Waals surface area contributed by atoms with Crippen LogP contribution >= 0.6 is 11.6 Å². The molecule has 2 rings (SSSR count). The van der Waals surface area contributed by atoms with Crippen molar-refractivity contribution < 1.29 is 9.47 Å². The summed E-state index contributed by atoms with van der Waals surface area (Å²) < 4.78 is 10.2. The highest BCUT2D eigenvalue weighted by molar-refractivity contribution is 6.28. The molecule has 0 radical (unpaired) electrons. The molecule has 2 heterocycles. The van der Waals surface area contributed by atoms with Gasteiger partial charge in [-0.05, 0) is 30.4 Å². The van der Waals surface area contributed by atoms with Crippen molar-refractivity contribution in [1.82, 2.24) is 15.0 Å². The van der Waals surface area contributed by atoms with Crippen LogP contribution in [-0.4, -0.2) is 48.9 Å². The van der Waals surface area contributed by atoms with Crippen molar-refractivity contribution in [3.8, 4) is 6.01 Å². The molecule has 6 nitrogen and oxygen atoms in total. The van der Waals surface area contributed by atoms with E-state index in [1.54, 1.807) is 7.11 Å². The average Bonchev–Trinajstić information content (AvgIpc) is 2.39. The first-order valence-electron chi connectivity index (χ1n) is 5.92. The van der Waals surface area contributed by atoms with E-state index in [-0.39, 0.29) is 11.3 Å². The summed E-state index contributed by atoms with van der Waals surface area (Å²) in [6, 6.07) is 0.249. The maximum absolute atomic E-state index is 5.85. The second-order valence-corrected chi connectivity index (χ2v) is 4.64. The van der Waals surface area contributed by atoms with Crippen molar-refractivity contribution in [2.24, 2.45) is 5.92 Å². The normalized spacial score (nSPS) is 19.9. The molecule has 7 heteroatoms. The molecule has 1 saturated heterocycles. The second kappa shape index (κ2) is 6.15. The van der Waals surface area contributed by atoms with Crippen LogP contribution in [0.4, 0.5) is 5.95 Å². The van der Waals surface area contributed by atoms with E-state index < -0.39 is 0 Å². The third-order valence-electron chi connectivity index (χ3n) is 2.96. The number of aromatic nitrogens is 3. The fourth-order valence-electron chi connectivity index (χ4n) is 2.17. The Morgan fingerprint density at radius 1 is 1.33 bits per heavy atom. The van der Waals surface area contributed by atoms with Gasteiger partial charge in [-0.3, -0.25) is 0 Å². The zero-order chi connectivity index (χ0) is 13.0. The van der Waals surface area contributed by atoms with Crippen LogP contribution in [0.2, 0.25) is 5.28 Å². The summed E-state index contributed by atoms with van der Waals surface area (Å²) in [4.78, 5) is 14.3. The lowest BCUT2D eigenvalue weighted by Crippen LogP contribution is -2.38. The summed E-state index contributed by atoms with van der Waals surface area (Å²) >= 11 is 5.85. The van der Waals surface area contributed by atoms with E-state index in [0.717, 1.165) is 26.1 Å². The van der Waals surface area contributed by atoms with Crippen LogP contribution in [0.3, 0.4) is 0 Å². The van der Waals surface area contributed by atoms with Crippen molar-refractivity contribution in [2.45, 2.75) is 12.8 Å². The number of methoxy groups -OCH3 is 2. The van der Waals surface area contributed by atoms with Gasteiger partial charge in [-0.25, -0.2) is 0 Å². The van der Waals surface area contributed by atoms with E-state index in [9.17, 15) is 0 Å². The third kappa shape index (κ3) is 3.20. The average molecular weight is 273 g/mol. The number of hydrogen-bond donors (Lipinski definition) is 0. The monoisotopic (exact) mass is 272 g/mol. The van der Waals surface area contributed by atoms with E-state index in [0.29, 0.717) is 11.9 Å². The Hall–Kier alpha value is -1.14. The number of piperidine rings is 1. The topological polar surface area (TPSA) is 60.4 Å². The highest BCUT2D eigenvalue weighted by Gasteiger charge is 2.22. The van der Waals surface area contributed by atoms with Crippen LogP contribution < -0.4 is 9.64 Å². The van der Waals surface area contributed by atoms with E-state index in [1.165, 1.54) is 13.5 Å². The summed E-state index contributed by atoms with van der Waals surface area (Å²) in [6.45, 7) is 2.55. The Morgan fingerprint density at radius 3 is 2.89 bits per heavy atom. The van der Waals surface area contributed by atoms with E-state index in [4.69, 9.17) is 21.1 Å². The largest absolute Gasteiger partial charge is 0.467 e. The molecule has 1 unspecified atom stereocenters. The minimum Gasteiger partial charge on any atom is -0.467 e. The van der Waals surface area contributed by atoms with Gasteiger partial charge in [0.05, 0.1) is 13.7 Å². The molecule has 1 aromatic rings. The van der Waals surface area contributed by atoms with Crippen LogP contribution in [0.15, 0.2) is 0 Å². The lowest BCUT2D eigenvalue weighted by atomic mass is 9.99. The molecule has 0 aromatic carbocycles. The lowest BCUT2D eigenvalue weighted by molar-refractivity contribution is 0.143. The van der Waals surface area contributed by atoms with Crippen molar-refractivity contribution >= 4 is 17.5 Å². The van der Waals surface area contributed by atoms with Gasteiger partial charge in [0.15, 0.2) is 0 Å². The first-order chi connectivity index (χ1) is 8.72. The fraction of sp³-hybridized carbons (Fsp3) is 0.727. The van der Waals surface area contributed by atoms with Gasteiger partial charge in [0, 0.05) is 20.2 Å². The minimum absolute atomic E-state index is 0.158. The van der Waals surface area contributed by atoms with Crippen LogP contribution in [0.5, 0.6) is 6.01 Å². The molecule has 100 valence electrons. The molecular weight excluding hydrogens is 256 g/mol. The van der Waals surface area contributed by atoms with E-state index in [2.05, 4.69) is 19.9 Å². The maximum Gasteiger partial charge on any atom is 0.322 e. The molecule has 1 aromatic heterocycles. The third-order valence-corrected chi connectivity index (χ3v) is 3.13. The van der Waals surface area contributed by atoms with E-state index in [1.807, 2.05) is 0 Å². The molecule has 1 aliphatic rings. The Balaban J connectivity index is 2.12. The van der Waals surface area contributed by atoms with Gasteiger partial charge in [0.25, 0.3) is 0 Å². The van der Waals surface area contributed by atoms with Crippen LogP contribution in [0.25, 0.3) is 0 Å². The summed E-state index contributed by atoms with van der Waals surface area (Å²) in [5.41, 5.74) is 0. The van der Waals surface area contributed by atoms with Crippen LogP contribution in [0.1, 0.15) is 12.8 Å². The second-order valence-electron chi connectivity index (χ2n) is 4.30. The molecule has 0 aliphatic carbocycles. The lowest BCUT2D eigenvalue weighted by Gasteiger charge is -2.32. The standard InChI is InChI=1S/C11H17ClN4O2/c1-17-7-8-4-3-5-16(6-8)10-13-9(12)14-11(15-10)18-2/h8H,3-7H2,1-2H3. The Labute approximate surface area is 111 Å². The van der Waals surface area contributed by atoms with Gasteiger partial charge < -0.3 is 14.4 Å². The molecule has 18 heavy (non-hydrogen) atoms. The quantitative estimate of drug-likeness (QED) is 0.826. The molecule has 0 N–H and O–H groups in total. The molecule has 1 fully saturated rings. The molecule has 0 saturated carbocycles. The van der Waals surface area contributed by atoms with Crippen molar-refractivity contribution in [3.63, 3.8) is 0 Å². The van der Waals surface area contributed by atoms with Gasteiger partial charge in [-0.2, -0.15) is 15.0 Å². The Morgan fingerprint density at radius 2 is 2.17 bits per heavy atom. The summed E-state index contributed by atoms with van der Waals surface area (Å²) in [6.07, 6.45) is 2.26. The van der Waals surface area contributed by atoms with Crippen molar-refractivity contribution in [3.05, 3.63) is 5.28 Å². The van der Waals surface area contributed by atoms with Crippen LogP contribution in [-0.2, 0) is 4.74 Å². The van der Waals surface area contributed by atoms with Gasteiger partial charge in [-0.15, -0.1) is 0 Å². The highest BCUT2D eigenvalue weighted by atomic mass is 35.5. The summed E-state index contributed by atoms with van der Waals surface area (Å²) in [7, 11) is 3.24. The zero-order valence-corrected chi connectivity index (χ0v) is 11.4. The number of anilines is 1.